The van der Waals surface area contributed by atoms with E-state index in [1.54, 1.807) is 12.1 Å². The fourth-order valence-electron chi connectivity index (χ4n) is 3.65. The van der Waals surface area contributed by atoms with E-state index in [9.17, 15) is 4.79 Å². The number of carbonyl (C=O) groups excluding carboxylic acids is 1. The number of rotatable bonds is 3. The Labute approximate surface area is 157 Å². The molecule has 0 aliphatic carbocycles. The molecule has 0 bridgehead atoms. The molecule has 6 nitrogen and oxygen atoms in total. The summed E-state index contributed by atoms with van der Waals surface area (Å²) in [6.45, 7) is 2.58. The average Bonchev–Trinajstić information content (AvgIpc) is 3.03. The van der Waals surface area contributed by atoms with Crippen LogP contribution >= 0.6 is 11.6 Å². The van der Waals surface area contributed by atoms with Gasteiger partial charge in [-0.1, -0.05) is 35.9 Å². The number of fused-ring (bicyclic) bond motifs is 2. The Bertz CT molecular complexity index is 857. The highest BCUT2D eigenvalue weighted by atomic mass is 35.5. The van der Waals surface area contributed by atoms with Crippen LogP contribution in [0, 0.1) is 0 Å². The van der Waals surface area contributed by atoms with Gasteiger partial charge in [0.25, 0.3) is 5.91 Å². The van der Waals surface area contributed by atoms with Gasteiger partial charge in [-0.05, 0) is 23.6 Å². The van der Waals surface area contributed by atoms with Crippen molar-refractivity contribution in [3.8, 4) is 5.75 Å². The lowest BCUT2D eigenvalue weighted by atomic mass is 10.1. The standard InChI is InChI=1S/C19H21ClN4O2/c1-26-17-9-16(21)15(20)8-14(17)19(25)22-18-6-7-23-10-12-4-2-3-5-13(12)11-24(18)23/h2-5,8-9,18H,6-7,10-11,21H2,1H3,(H,22,25). The number of methoxy groups -OCH3 is 1. The Kier molecular flexibility index (Phi) is 4.48. The monoisotopic (exact) mass is 372 g/mol. The molecule has 2 aromatic carbocycles. The van der Waals surface area contributed by atoms with E-state index in [0.29, 0.717) is 22.0 Å². The van der Waals surface area contributed by atoms with Crippen LogP contribution in [0.15, 0.2) is 36.4 Å². The summed E-state index contributed by atoms with van der Waals surface area (Å²) < 4.78 is 5.30. The number of nitrogens with one attached hydrogen (secondary N) is 1. The number of hydrogen-bond donors (Lipinski definition) is 2. The van der Waals surface area contributed by atoms with Crippen molar-refractivity contribution in [2.45, 2.75) is 25.7 Å². The molecule has 1 amide bonds. The third kappa shape index (κ3) is 3.00. The lowest BCUT2D eigenvalue weighted by molar-refractivity contribution is -0.0374. The van der Waals surface area contributed by atoms with Gasteiger partial charge >= 0.3 is 0 Å². The molecule has 0 aromatic heterocycles. The normalized spacial score (nSPS) is 19.7. The topological polar surface area (TPSA) is 70.8 Å². The van der Waals surface area contributed by atoms with Gasteiger partial charge in [0.05, 0.1) is 29.5 Å². The van der Waals surface area contributed by atoms with Crippen LogP contribution in [0.1, 0.15) is 27.9 Å². The maximum absolute atomic E-state index is 12.8. The molecule has 0 spiro atoms. The number of hydrogen-bond acceptors (Lipinski definition) is 5. The highest BCUT2D eigenvalue weighted by Crippen LogP contribution is 2.31. The Morgan fingerprint density at radius 2 is 2.00 bits per heavy atom. The fourth-order valence-corrected chi connectivity index (χ4v) is 3.82. The lowest BCUT2D eigenvalue weighted by Gasteiger charge is -2.37. The molecule has 2 aliphatic rings. The summed E-state index contributed by atoms with van der Waals surface area (Å²) in [6, 6.07) is 11.6. The van der Waals surface area contributed by atoms with Crippen LogP contribution in [0.5, 0.6) is 5.75 Å². The molecule has 2 aliphatic heterocycles. The van der Waals surface area contributed by atoms with E-state index in [0.717, 1.165) is 26.1 Å². The predicted molar refractivity (Wildman–Crippen MR) is 101 cm³/mol. The van der Waals surface area contributed by atoms with Gasteiger partial charge in [-0.15, -0.1) is 0 Å². The van der Waals surface area contributed by atoms with Gasteiger partial charge in [0.15, 0.2) is 0 Å². The van der Waals surface area contributed by atoms with Gasteiger partial charge in [0, 0.05) is 25.7 Å². The Balaban J connectivity index is 1.53. The molecule has 3 N–H and O–H groups in total. The molecule has 26 heavy (non-hydrogen) atoms. The highest BCUT2D eigenvalue weighted by molar-refractivity contribution is 6.33. The number of nitrogens with zero attached hydrogens (tertiary/aromatic N) is 2. The zero-order valence-electron chi connectivity index (χ0n) is 14.5. The quantitative estimate of drug-likeness (QED) is 0.810. The summed E-state index contributed by atoms with van der Waals surface area (Å²) in [5.41, 5.74) is 9.24. The zero-order valence-corrected chi connectivity index (χ0v) is 15.3. The van der Waals surface area contributed by atoms with Crippen LogP contribution in [-0.4, -0.2) is 35.7 Å². The Hall–Kier alpha value is -2.28. The SMILES string of the molecule is COc1cc(N)c(Cl)cc1C(=O)NC1CCN2Cc3ccccc3CN12. The molecule has 1 unspecified atom stereocenters. The number of carbonyl (C=O) groups is 1. The number of nitrogen functional groups attached to an aromatic ring is 1. The molecule has 1 atom stereocenters. The largest absolute Gasteiger partial charge is 0.496 e. The van der Waals surface area contributed by atoms with Gasteiger partial charge in [0.2, 0.25) is 0 Å². The molecule has 1 saturated heterocycles. The minimum atomic E-state index is -0.213. The maximum atomic E-state index is 12.8. The van der Waals surface area contributed by atoms with Gasteiger partial charge in [-0.25, -0.2) is 10.0 Å². The van der Waals surface area contributed by atoms with Crippen LogP contribution in [0.25, 0.3) is 0 Å². The van der Waals surface area contributed by atoms with Crippen molar-refractivity contribution < 1.29 is 9.53 Å². The summed E-state index contributed by atoms with van der Waals surface area (Å²) in [7, 11) is 1.51. The second-order valence-electron chi connectivity index (χ2n) is 6.61. The molecule has 2 aromatic rings. The number of anilines is 1. The van der Waals surface area contributed by atoms with Crippen molar-refractivity contribution in [2.75, 3.05) is 19.4 Å². The molecule has 4 rings (SSSR count). The summed E-state index contributed by atoms with van der Waals surface area (Å²) in [5.74, 6) is 0.206. The number of amides is 1. The molecular formula is C19H21ClN4O2. The van der Waals surface area contributed by atoms with E-state index in [4.69, 9.17) is 22.1 Å². The van der Waals surface area contributed by atoms with E-state index < -0.39 is 0 Å². The van der Waals surface area contributed by atoms with E-state index in [1.807, 2.05) is 0 Å². The number of halogens is 1. The lowest BCUT2D eigenvalue weighted by Crippen LogP contribution is -2.50. The highest BCUT2D eigenvalue weighted by Gasteiger charge is 2.36. The number of benzene rings is 2. The molecule has 2 heterocycles. The molecule has 0 saturated carbocycles. The summed E-state index contributed by atoms with van der Waals surface area (Å²) in [4.78, 5) is 12.8. The first kappa shape index (κ1) is 17.1. The van der Waals surface area contributed by atoms with E-state index in [-0.39, 0.29) is 12.1 Å². The van der Waals surface area contributed by atoms with Crippen LogP contribution < -0.4 is 15.8 Å². The predicted octanol–water partition coefficient (Wildman–Crippen LogP) is 2.62. The number of hydrazine groups is 1. The van der Waals surface area contributed by atoms with Crippen LogP contribution in [0.2, 0.25) is 5.02 Å². The van der Waals surface area contributed by atoms with Crippen LogP contribution in [0.4, 0.5) is 5.69 Å². The van der Waals surface area contributed by atoms with Crippen molar-refractivity contribution in [2.24, 2.45) is 0 Å². The van der Waals surface area contributed by atoms with Gasteiger partial charge in [0.1, 0.15) is 5.75 Å². The third-order valence-corrected chi connectivity index (χ3v) is 5.38. The average molecular weight is 373 g/mol. The zero-order chi connectivity index (χ0) is 18.3. The first-order valence-corrected chi connectivity index (χ1v) is 8.97. The molecule has 136 valence electrons. The molecule has 1 fully saturated rings. The van der Waals surface area contributed by atoms with Crippen molar-refractivity contribution in [1.29, 1.82) is 0 Å². The third-order valence-electron chi connectivity index (χ3n) is 5.05. The van der Waals surface area contributed by atoms with Crippen molar-refractivity contribution in [3.63, 3.8) is 0 Å². The molecule has 7 heteroatoms. The molecule has 0 radical (unpaired) electrons. The van der Waals surface area contributed by atoms with E-state index >= 15 is 0 Å². The fraction of sp³-hybridized carbons (Fsp3) is 0.316. The van der Waals surface area contributed by atoms with Crippen LogP contribution in [0.3, 0.4) is 0 Å². The summed E-state index contributed by atoms with van der Waals surface area (Å²) in [5, 5.41) is 7.98. The van der Waals surface area contributed by atoms with E-state index in [2.05, 4.69) is 39.6 Å². The number of ether oxygens (including phenoxy) is 1. The summed E-state index contributed by atoms with van der Waals surface area (Å²) >= 11 is 6.09. The molecular weight excluding hydrogens is 352 g/mol. The Morgan fingerprint density at radius 1 is 1.27 bits per heavy atom. The van der Waals surface area contributed by atoms with E-state index in [1.165, 1.54) is 18.2 Å². The van der Waals surface area contributed by atoms with Crippen molar-refractivity contribution in [3.05, 3.63) is 58.1 Å². The first-order chi connectivity index (χ1) is 12.6. The second-order valence-corrected chi connectivity index (χ2v) is 7.01. The second kappa shape index (κ2) is 6.79. The smallest absolute Gasteiger partial charge is 0.256 e. The minimum absolute atomic E-state index is 0.0584. The van der Waals surface area contributed by atoms with Gasteiger partial charge in [-0.3, -0.25) is 4.79 Å². The minimum Gasteiger partial charge on any atom is -0.496 e. The van der Waals surface area contributed by atoms with Crippen LogP contribution in [-0.2, 0) is 13.1 Å². The number of nitrogens with two attached hydrogens (primary N) is 1. The first-order valence-electron chi connectivity index (χ1n) is 8.59. The van der Waals surface area contributed by atoms with Crippen molar-refractivity contribution in [1.82, 2.24) is 15.3 Å². The van der Waals surface area contributed by atoms with Gasteiger partial charge in [-0.2, -0.15) is 0 Å². The van der Waals surface area contributed by atoms with Crippen molar-refractivity contribution >= 4 is 23.2 Å². The summed E-state index contributed by atoms with van der Waals surface area (Å²) in [6.07, 6.45) is 0.807. The van der Waals surface area contributed by atoms with Gasteiger partial charge < -0.3 is 15.8 Å². The maximum Gasteiger partial charge on any atom is 0.256 e. The Morgan fingerprint density at radius 3 is 2.73 bits per heavy atom.